The lowest BCUT2D eigenvalue weighted by Crippen LogP contribution is -2.06. The van der Waals surface area contributed by atoms with Gasteiger partial charge in [0, 0.05) is 6.08 Å². The van der Waals surface area contributed by atoms with Gasteiger partial charge in [-0.3, -0.25) is 4.79 Å². The van der Waals surface area contributed by atoms with Crippen molar-refractivity contribution in [1.82, 2.24) is 0 Å². The maximum absolute atomic E-state index is 10.9. The van der Waals surface area contributed by atoms with Crippen molar-refractivity contribution >= 4 is 12.4 Å². The first kappa shape index (κ1) is 9.98. The van der Waals surface area contributed by atoms with E-state index in [-0.39, 0.29) is 0 Å². The Balaban J connectivity index is 2.42. The molecule has 4 nitrogen and oxygen atoms in total. The Kier molecular flexibility index (Phi) is 3.94. The third kappa shape index (κ3) is 3.53. The van der Waals surface area contributed by atoms with E-state index in [2.05, 4.69) is 4.74 Å². The van der Waals surface area contributed by atoms with E-state index >= 15 is 0 Å². The Morgan fingerprint density at radius 3 is 2.57 bits per heavy atom. The number of hydrogen-bond acceptors (Lipinski definition) is 4. The van der Waals surface area contributed by atoms with Crippen molar-refractivity contribution in [2.45, 2.75) is 0 Å². The molecular weight excluding hydrogens is 184 g/mol. The van der Waals surface area contributed by atoms with Gasteiger partial charge in [0.05, 0.1) is 0 Å². The second-order valence-electron chi connectivity index (χ2n) is 2.25. The van der Waals surface area contributed by atoms with Crippen molar-refractivity contribution in [3.05, 3.63) is 42.7 Å². The van der Waals surface area contributed by atoms with Gasteiger partial charge in [0.1, 0.15) is 18.3 Å². The van der Waals surface area contributed by atoms with Crippen LogP contribution in [0.1, 0.15) is 0 Å². The van der Waals surface area contributed by atoms with Crippen molar-refractivity contribution < 1.29 is 19.1 Å². The van der Waals surface area contributed by atoms with Gasteiger partial charge >= 0.3 is 6.16 Å². The van der Waals surface area contributed by atoms with Gasteiger partial charge in [-0.15, -0.1) is 0 Å². The molecule has 0 saturated heterocycles. The predicted octanol–water partition coefficient (Wildman–Crippen LogP) is 1.91. The molecule has 0 fully saturated rings. The van der Waals surface area contributed by atoms with Crippen LogP contribution in [-0.2, 0) is 9.53 Å². The molecule has 0 spiro atoms. The highest BCUT2D eigenvalue weighted by atomic mass is 16.7. The first-order valence-electron chi connectivity index (χ1n) is 3.87. The van der Waals surface area contributed by atoms with Crippen LogP contribution in [-0.4, -0.2) is 12.4 Å². The SMILES string of the molecule is O=C/C=C/OC(=O)Oc1ccccc1. The number of rotatable bonds is 3. The van der Waals surface area contributed by atoms with Gasteiger partial charge in [-0.1, -0.05) is 18.2 Å². The molecule has 1 rings (SSSR count). The molecule has 1 aromatic rings. The standard InChI is InChI=1S/C10H8O4/c11-7-4-8-13-10(12)14-9-5-2-1-3-6-9/h1-8H/b8-4+. The van der Waals surface area contributed by atoms with E-state index in [1.807, 2.05) is 0 Å². The van der Waals surface area contributed by atoms with Crippen LogP contribution in [0.15, 0.2) is 42.7 Å². The van der Waals surface area contributed by atoms with Gasteiger partial charge in [-0.2, -0.15) is 0 Å². The number of para-hydroxylation sites is 1. The van der Waals surface area contributed by atoms with Crippen molar-refractivity contribution in [3.63, 3.8) is 0 Å². The molecule has 0 aromatic heterocycles. The zero-order chi connectivity index (χ0) is 10.2. The summed E-state index contributed by atoms with van der Waals surface area (Å²) >= 11 is 0. The number of allylic oxidation sites excluding steroid dienone is 1. The Morgan fingerprint density at radius 1 is 1.21 bits per heavy atom. The summed E-state index contributed by atoms with van der Waals surface area (Å²) in [5.74, 6) is 0.386. The van der Waals surface area contributed by atoms with Gasteiger partial charge in [0.2, 0.25) is 0 Å². The molecule has 0 N–H and O–H groups in total. The average molecular weight is 192 g/mol. The van der Waals surface area contributed by atoms with Gasteiger partial charge < -0.3 is 9.47 Å². The van der Waals surface area contributed by atoms with Crippen LogP contribution in [0, 0.1) is 0 Å². The fourth-order valence-corrected chi connectivity index (χ4v) is 0.736. The monoisotopic (exact) mass is 192 g/mol. The summed E-state index contributed by atoms with van der Waals surface area (Å²) in [5, 5.41) is 0. The predicted molar refractivity (Wildman–Crippen MR) is 48.8 cm³/mol. The quantitative estimate of drug-likeness (QED) is 0.241. The second kappa shape index (κ2) is 5.53. The van der Waals surface area contributed by atoms with Gasteiger partial charge in [-0.25, -0.2) is 4.79 Å². The summed E-state index contributed by atoms with van der Waals surface area (Å²) in [7, 11) is 0. The lowest BCUT2D eigenvalue weighted by atomic mass is 10.3. The molecule has 0 amide bonds. The maximum Gasteiger partial charge on any atom is 0.518 e. The molecule has 0 aliphatic carbocycles. The molecule has 0 atom stereocenters. The minimum absolute atomic E-state index is 0.386. The molecule has 1 aromatic carbocycles. The van der Waals surface area contributed by atoms with E-state index in [0.717, 1.165) is 12.3 Å². The van der Waals surface area contributed by atoms with Crippen LogP contribution in [0.25, 0.3) is 0 Å². The molecule has 72 valence electrons. The topological polar surface area (TPSA) is 52.6 Å². The van der Waals surface area contributed by atoms with E-state index in [1.54, 1.807) is 30.3 Å². The smallest absolute Gasteiger partial charge is 0.403 e. The van der Waals surface area contributed by atoms with Crippen LogP contribution in [0.4, 0.5) is 4.79 Å². The zero-order valence-corrected chi connectivity index (χ0v) is 7.25. The highest BCUT2D eigenvalue weighted by Crippen LogP contribution is 2.08. The molecule has 0 heterocycles. The largest absolute Gasteiger partial charge is 0.518 e. The fourth-order valence-electron chi connectivity index (χ4n) is 0.736. The lowest BCUT2D eigenvalue weighted by molar-refractivity contribution is -0.104. The Labute approximate surface area is 80.8 Å². The Bertz CT molecular complexity index is 329. The summed E-state index contributed by atoms with van der Waals surface area (Å²) in [6.07, 6.45) is 1.62. The average Bonchev–Trinajstić information content (AvgIpc) is 2.20. The number of carbonyl (C=O) groups is 2. The van der Waals surface area contributed by atoms with E-state index in [0.29, 0.717) is 12.0 Å². The highest BCUT2D eigenvalue weighted by molar-refractivity contribution is 5.67. The first-order valence-corrected chi connectivity index (χ1v) is 3.87. The number of benzene rings is 1. The zero-order valence-electron chi connectivity index (χ0n) is 7.25. The minimum atomic E-state index is -0.880. The number of hydrogen-bond donors (Lipinski definition) is 0. The van der Waals surface area contributed by atoms with E-state index in [9.17, 15) is 9.59 Å². The first-order chi connectivity index (χ1) is 6.83. The Morgan fingerprint density at radius 2 is 1.93 bits per heavy atom. The molecule has 0 saturated carbocycles. The molecule has 0 bridgehead atoms. The van der Waals surface area contributed by atoms with Gasteiger partial charge in [0.15, 0.2) is 0 Å². The molecule has 14 heavy (non-hydrogen) atoms. The van der Waals surface area contributed by atoms with E-state index in [4.69, 9.17) is 4.74 Å². The van der Waals surface area contributed by atoms with Crippen LogP contribution in [0.5, 0.6) is 5.75 Å². The Hall–Kier alpha value is -2.10. The van der Waals surface area contributed by atoms with Crippen LogP contribution in [0.2, 0.25) is 0 Å². The van der Waals surface area contributed by atoms with Gasteiger partial charge in [0.25, 0.3) is 0 Å². The lowest BCUT2D eigenvalue weighted by Gasteiger charge is -2.00. The molecule has 0 unspecified atom stereocenters. The third-order valence-electron chi connectivity index (χ3n) is 1.27. The maximum atomic E-state index is 10.9. The van der Waals surface area contributed by atoms with Crippen LogP contribution < -0.4 is 4.74 Å². The fraction of sp³-hybridized carbons (Fsp3) is 0. The molecule has 0 aliphatic rings. The molecule has 0 aliphatic heterocycles. The van der Waals surface area contributed by atoms with Gasteiger partial charge in [-0.05, 0) is 12.1 Å². The van der Waals surface area contributed by atoms with Crippen LogP contribution >= 0.6 is 0 Å². The van der Waals surface area contributed by atoms with Crippen molar-refractivity contribution in [3.8, 4) is 5.75 Å². The van der Waals surface area contributed by atoms with Crippen molar-refractivity contribution in [2.75, 3.05) is 0 Å². The summed E-state index contributed by atoms with van der Waals surface area (Å²) in [6.45, 7) is 0. The third-order valence-corrected chi connectivity index (χ3v) is 1.27. The summed E-state index contributed by atoms with van der Waals surface area (Å²) < 4.78 is 9.15. The summed E-state index contributed by atoms with van der Waals surface area (Å²) in [5.41, 5.74) is 0. The second-order valence-corrected chi connectivity index (χ2v) is 2.25. The highest BCUT2D eigenvalue weighted by Gasteiger charge is 2.02. The van der Waals surface area contributed by atoms with E-state index in [1.165, 1.54) is 0 Å². The molecule has 0 radical (unpaired) electrons. The van der Waals surface area contributed by atoms with Crippen molar-refractivity contribution in [2.24, 2.45) is 0 Å². The number of carbonyl (C=O) groups excluding carboxylic acids is 2. The minimum Gasteiger partial charge on any atom is -0.403 e. The van der Waals surface area contributed by atoms with Crippen molar-refractivity contribution in [1.29, 1.82) is 0 Å². The molecule has 4 heteroatoms. The summed E-state index contributed by atoms with van der Waals surface area (Å²) in [6, 6.07) is 8.48. The molecular formula is C10H8O4. The summed E-state index contributed by atoms with van der Waals surface area (Å²) in [4.78, 5) is 20.7. The van der Waals surface area contributed by atoms with Crippen LogP contribution in [0.3, 0.4) is 0 Å². The number of ether oxygens (including phenoxy) is 2. The van der Waals surface area contributed by atoms with E-state index < -0.39 is 6.16 Å². The normalized spacial score (nSPS) is 9.71. The number of aldehydes is 1.